The Balaban J connectivity index is 2.76. The molecule has 2 N–H and O–H groups in total. The Hall–Kier alpha value is -2.11. The van der Waals surface area contributed by atoms with E-state index in [1.54, 1.807) is 20.8 Å². The first-order valence-corrected chi connectivity index (χ1v) is 5.31. The Morgan fingerprint density at radius 3 is 2.61 bits per heavy atom. The van der Waals surface area contributed by atoms with Crippen LogP contribution in [0.5, 0.6) is 0 Å². The summed E-state index contributed by atoms with van der Waals surface area (Å²) in [6.07, 6.45) is -0.290. The second-order valence-corrected chi connectivity index (χ2v) is 4.58. The Kier molecular flexibility index (Phi) is 4.25. The molecular weight excluding hydrogens is 239 g/mol. The number of ether oxygens (including phenoxy) is 1. The topological polar surface area (TPSA) is 67.4 Å². The minimum absolute atomic E-state index is 0.0152. The predicted molar refractivity (Wildman–Crippen MR) is 65.9 cm³/mol. The van der Waals surface area contributed by atoms with Gasteiger partial charge in [-0.25, -0.2) is 9.18 Å². The highest BCUT2D eigenvalue weighted by atomic mass is 19.1. The maximum atomic E-state index is 13.2. The van der Waals surface area contributed by atoms with Gasteiger partial charge in [-0.15, -0.1) is 0 Å². The van der Waals surface area contributed by atoms with Crippen LogP contribution in [0, 0.1) is 5.82 Å². The minimum atomic E-state index is -0.647. The van der Waals surface area contributed by atoms with Gasteiger partial charge in [0.25, 0.3) is 0 Å². The zero-order valence-electron chi connectivity index (χ0n) is 10.4. The lowest BCUT2D eigenvalue weighted by molar-refractivity contribution is -0.105. The molecule has 0 unspecified atom stereocenters. The van der Waals surface area contributed by atoms with Crippen LogP contribution in [-0.2, 0) is 9.53 Å². The summed E-state index contributed by atoms with van der Waals surface area (Å²) in [4.78, 5) is 21.7. The Bertz CT molecular complexity index is 455. The lowest BCUT2D eigenvalue weighted by atomic mass is 10.2. The lowest BCUT2D eigenvalue weighted by Gasteiger charge is -2.19. The van der Waals surface area contributed by atoms with Gasteiger partial charge in [-0.1, -0.05) is 0 Å². The fourth-order valence-electron chi connectivity index (χ4n) is 1.20. The van der Waals surface area contributed by atoms with Crippen molar-refractivity contribution >= 4 is 23.9 Å². The quantitative estimate of drug-likeness (QED) is 0.815. The van der Waals surface area contributed by atoms with Gasteiger partial charge in [0, 0.05) is 5.69 Å². The minimum Gasteiger partial charge on any atom is -0.444 e. The number of halogens is 1. The van der Waals surface area contributed by atoms with Crippen LogP contribution < -0.4 is 10.6 Å². The number of carbonyl (C=O) groups is 2. The zero-order valence-corrected chi connectivity index (χ0v) is 10.4. The van der Waals surface area contributed by atoms with Gasteiger partial charge in [-0.2, -0.15) is 0 Å². The molecule has 1 aromatic carbocycles. The van der Waals surface area contributed by atoms with Crippen LogP contribution in [0.4, 0.5) is 20.6 Å². The number of hydrogen-bond acceptors (Lipinski definition) is 3. The van der Waals surface area contributed by atoms with Crippen LogP contribution in [0.15, 0.2) is 18.2 Å². The summed E-state index contributed by atoms with van der Waals surface area (Å²) in [6, 6.07) is 3.81. The molecule has 0 heterocycles. The van der Waals surface area contributed by atoms with E-state index in [1.807, 2.05) is 0 Å². The van der Waals surface area contributed by atoms with Crippen molar-refractivity contribution in [1.29, 1.82) is 0 Å². The number of amides is 2. The molecule has 0 bridgehead atoms. The van der Waals surface area contributed by atoms with E-state index in [4.69, 9.17) is 4.74 Å². The van der Waals surface area contributed by atoms with E-state index in [-0.39, 0.29) is 5.69 Å². The summed E-state index contributed by atoms with van der Waals surface area (Å²) in [5.41, 5.74) is -0.304. The fraction of sp³-hybridized carbons (Fsp3) is 0.333. The van der Waals surface area contributed by atoms with Gasteiger partial charge in [-0.3, -0.25) is 10.1 Å². The van der Waals surface area contributed by atoms with E-state index < -0.39 is 17.5 Å². The molecule has 0 spiro atoms. The van der Waals surface area contributed by atoms with Gasteiger partial charge in [0.15, 0.2) is 0 Å². The van der Waals surface area contributed by atoms with Crippen molar-refractivity contribution in [3.8, 4) is 0 Å². The molecule has 0 fully saturated rings. The molecule has 5 nitrogen and oxygen atoms in total. The third-order valence-electron chi connectivity index (χ3n) is 1.83. The average Bonchev–Trinajstić information content (AvgIpc) is 2.20. The molecule has 0 aromatic heterocycles. The monoisotopic (exact) mass is 254 g/mol. The van der Waals surface area contributed by atoms with Gasteiger partial charge < -0.3 is 10.1 Å². The van der Waals surface area contributed by atoms with Crippen molar-refractivity contribution in [2.75, 3.05) is 10.6 Å². The normalized spacial score (nSPS) is 10.7. The molecule has 0 radical (unpaired) electrons. The molecule has 98 valence electrons. The summed E-state index contributed by atoms with van der Waals surface area (Å²) >= 11 is 0. The van der Waals surface area contributed by atoms with Gasteiger partial charge >= 0.3 is 6.09 Å². The molecule has 2 amide bonds. The molecule has 1 aromatic rings. The highest BCUT2D eigenvalue weighted by molar-refractivity contribution is 5.86. The Morgan fingerprint density at radius 1 is 1.39 bits per heavy atom. The van der Waals surface area contributed by atoms with Crippen LogP contribution in [0.25, 0.3) is 0 Å². The van der Waals surface area contributed by atoms with Crippen molar-refractivity contribution in [3.05, 3.63) is 24.0 Å². The van der Waals surface area contributed by atoms with E-state index >= 15 is 0 Å². The molecule has 0 aliphatic heterocycles. The number of anilines is 2. The fourth-order valence-corrected chi connectivity index (χ4v) is 1.20. The Labute approximate surface area is 104 Å². The number of hydrogen-bond donors (Lipinski definition) is 2. The van der Waals surface area contributed by atoms with E-state index in [1.165, 1.54) is 12.1 Å². The first-order valence-electron chi connectivity index (χ1n) is 5.31. The zero-order chi connectivity index (χ0) is 13.8. The van der Waals surface area contributed by atoms with E-state index in [0.29, 0.717) is 12.1 Å². The van der Waals surface area contributed by atoms with Crippen molar-refractivity contribution in [1.82, 2.24) is 0 Å². The summed E-state index contributed by atoms with van der Waals surface area (Å²) < 4.78 is 18.2. The number of rotatable bonds is 3. The molecule has 0 saturated heterocycles. The van der Waals surface area contributed by atoms with Crippen molar-refractivity contribution in [2.45, 2.75) is 26.4 Å². The maximum Gasteiger partial charge on any atom is 0.412 e. The molecule has 0 saturated carbocycles. The molecule has 18 heavy (non-hydrogen) atoms. The molecular formula is C12H15FN2O3. The van der Waals surface area contributed by atoms with Crippen molar-refractivity contribution in [2.24, 2.45) is 0 Å². The van der Waals surface area contributed by atoms with Crippen LogP contribution >= 0.6 is 0 Å². The maximum absolute atomic E-state index is 13.2. The highest BCUT2D eigenvalue weighted by Crippen LogP contribution is 2.19. The highest BCUT2D eigenvalue weighted by Gasteiger charge is 2.16. The van der Waals surface area contributed by atoms with Gasteiger partial charge in [0.2, 0.25) is 6.41 Å². The molecule has 0 aliphatic rings. The van der Waals surface area contributed by atoms with E-state index in [0.717, 1.165) is 6.07 Å². The summed E-state index contributed by atoms with van der Waals surface area (Å²) in [6.45, 7) is 5.20. The van der Waals surface area contributed by atoms with E-state index in [2.05, 4.69) is 10.6 Å². The van der Waals surface area contributed by atoms with Crippen molar-refractivity contribution < 1.29 is 18.7 Å². The van der Waals surface area contributed by atoms with Crippen LogP contribution in [0.1, 0.15) is 20.8 Å². The molecule has 0 aliphatic carbocycles. The SMILES string of the molecule is CC(C)(C)OC(=O)Nc1ccc(F)c(NC=O)c1. The number of benzene rings is 1. The third-order valence-corrected chi connectivity index (χ3v) is 1.83. The second kappa shape index (κ2) is 5.48. The second-order valence-electron chi connectivity index (χ2n) is 4.58. The number of carbonyl (C=O) groups excluding carboxylic acids is 2. The predicted octanol–water partition coefficient (Wildman–Crippen LogP) is 2.74. The summed E-state index contributed by atoms with van der Waals surface area (Å²) in [5, 5.41) is 4.63. The van der Waals surface area contributed by atoms with Crippen LogP contribution in [0.3, 0.4) is 0 Å². The molecule has 1 rings (SSSR count). The average molecular weight is 254 g/mol. The van der Waals surface area contributed by atoms with Crippen LogP contribution in [-0.4, -0.2) is 18.1 Å². The van der Waals surface area contributed by atoms with Crippen molar-refractivity contribution in [3.63, 3.8) is 0 Å². The van der Waals surface area contributed by atoms with E-state index in [9.17, 15) is 14.0 Å². The molecule has 6 heteroatoms. The Morgan fingerprint density at radius 2 is 2.06 bits per heavy atom. The summed E-state index contributed by atoms with van der Waals surface area (Å²) in [7, 11) is 0. The first kappa shape index (κ1) is 14.0. The molecule has 0 atom stereocenters. The van der Waals surface area contributed by atoms with Crippen LogP contribution in [0.2, 0.25) is 0 Å². The largest absolute Gasteiger partial charge is 0.444 e. The van der Waals surface area contributed by atoms with Gasteiger partial charge in [-0.05, 0) is 39.0 Å². The van der Waals surface area contributed by atoms with Gasteiger partial charge in [0.05, 0.1) is 5.69 Å². The first-order chi connectivity index (χ1) is 8.31. The standard InChI is InChI=1S/C12H15FN2O3/c1-12(2,3)18-11(17)15-8-4-5-9(13)10(6-8)14-7-16/h4-7H,1-3H3,(H,14,16)(H,15,17). The number of nitrogens with one attached hydrogen (secondary N) is 2. The lowest BCUT2D eigenvalue weighted by Crippen LogP contribution is -2.27. The summed E-state index contributed by atoms with van der Waals surface area (Å²) in [5.74, 6) is -0.586. The van der Waals surface area contributed by atoms with Gasteiger partial charge in [0.1, 0.15) is 11.4 Å². The smallest absolute Gasteiger partial charge is 0.412 e. The third kappa shape index (κ3) is 4.40.